The van der Waals surface area contributed by atoms with Gasteiger partial charge < -0.3 is 19.9 Å². The summed E-state index contributed by atoms with van der Waals surface area (Å²) in [7, 11) is 0. The molecular weight excluding hydrogens is 419 g/mol. The Balaban J connectivity index is 1.62. The van der Waals surface area contributed by atoms with E-state index in [9.17, 15) is 23.1 Å². The van der Waals surface area contributed by atoms with E-state index in [1.807, 2.05) is 0 Å². The average Bonchev–Trinajstić information content (AvgIpc) is 3.12. The lowest BCUT2D eigenvalue weighted by Gasteiger charge is -2.22. The number of hydrogen-bond acceptors (Lipinski definition) is 6. The molecule has 0 aliphatic carbocycles. The lowest BCUT2D eigenvalue weighted by atomic mass is 10.0. The van der Waals surface area contributed by atoms with Crippen LogP contribution in [0, 0.1) is 5.82 Å². The van der Waals surface area contributed by atoms with Crippen LogP contribution >= 0.6 is 0 Å². The van der Waals surface area contributed by atoms with Crippen molar-refractivity contribution in [3.63, 3.8) is 0 Å². The number of halogens is 3. The SMILES string of the molecule is CC(O)C(NC(=O)Nc1cc2[nH]nc(OCCOC(F)F)c2cn1)c1ccc(F)cc1. The molecule has 1 aromatic carbocycles. The van der Waals surface area contributed by atoms with E-state index < -0.39 is 30.6 Å². The number of ether oxygens (including phenoxy) is 2. The first kappa shape index (κ1) is 22.3. The minimum Gasteiger partial charge on any atom is -0.474 e. The first-order valence-electron chi connectivity index (χ1n) is 9.21. The summed E-state index contributed by atoms with van der Waals surface area (Å²) in [6.45, 7) is -1.82. The number of benzene rings is 1. The second kappa shape index (κ2) is 10.1. The van der Waals surface area contributed by atoms with Crippen LogP contribution in [0.5, 0.6) is 5.88 Å². The number of amides is 2. The van der Waals surface area contributed by atoms with E-state index >= 15 is 0 Å². The van der Waals surface area contributed by atoms with E-state index in [4.69, 9.17) is 4.74 Å². The van der Waals surface area contributed by atoms with Gasteiger partial charge in [-0.1, -0.05) is 12.1 Å². The zero-order chi connectivity index (χ0) is 22.4. The lowest BCUT2D eigenvalue weighted by Crippen LogP contribution is -2.37. The topological polar surface area (TPSA) is 121 Å². The van der Waals surface area contributed by atoms with Crippen LogP contribution in [0.3, 0.4) is 0 Å². The molecule has 3 aromatic rings. The molecule has 0 radical (unpaired) electrons. The van der Waals surface area contributed by atoms with Gasteiger partial charge in [0, 0.05) is 12.3 Å². The Labute approximate surface area is 174 Å². The van der Waals surface area contributed by atoms with Gasteiger partial charge in [-0.25, -0.2) is 14.2 Å². The molecule has 0 saturated carbocycles. The summed E-state index contributed by atoms with van der Waals surface area (Å²) >= 11 is 0. The second-order valence-electron chi connectivity index (χ2n) is 6.49. The number of aliphatic hydroxyl groups excluding tert-OH is 1. The van der Waals surface area contributed by atoms with E-state index in [0.29, 0.717) is 16.5 Å². The third-order valence-corrected chi connectivity index (χ3v) is 4.22. The average molecular weight is 439 g/mol. The molecule has 2 aromatic heterocycles. The summed E-state index contributed by atoms with van der Waals surface area (Å²) in [5.74, 6) is -0.0916. The fourth-order valence-electron chi connectivity index (χ4n) is 2.79. The number of urea groups is 1. The maximum absolute atomic E-state index is 13.1. The molecule has 0 saturated heterocycles. The fraction of sp³-hybridized carbons (Fsp3) is 0.316. The van der Waals surface area contributed by atoms with Crippen LogP contribution in [0.1, 0.15) is 18.5 Å². The molecule has 9 nitrogen and oxygen atoms in total. The van der Waals surface area contributed by atoms with Crippen molar-refractivity contribution in [3.05, 3.63) is 47.9 Å². The number of pyridine rings is 1. The summed E-state index contributed by atoms with van der Waals surface area (Å²) < 4.78 is 46.4. The van der Waals surface area contributed by atoms with Gasteiger partial charge in [-0.05, 0) is 24.6 Å². The molecule has 0 spiro atoms. The number of fused-ring (bicyclic) bond motifs is 1. The second-order valence-corrected chi connectivity index (χ2v) is 6.49. The molecule has 12 heteroatoms. The smallest absolute Gasteiger partial charge is 0.345 e. The largest absolute Gasteiger partial charge is 0.474 e. The molecule has 2 unspecified atom stereocenters. The molecule has 2 atom stereocenters. The summed E-state index contributed by atoms with van der Waals surface area (Å²) in [4.78, 5) is 16.5. The molecule has 4 N–H and O–H groups in total. The Kier molecular flexibility index (Phi) is 7.26. The van der Waals surface area contributed by atoms with Crippen molar-refractivity contribution in [2.75, 3.05) is 18.5 Å². The molecular formula is C19H20F3N5O4. The molecule has 0 bridgehead atoms. The van der Waals surface area contributed by atoms with Crippen LogP contribution in [-0.4, -0.2) is 52.2 Å². The molecule has 2 heterocycles. The number of nitrogens with zero attached hydrogens (tertiary/aromatic N) is 2. The highest BCUT2D eigenvalue weighted by Gasteiger charge is 2.20. The maximum atomic E-state index is 13.1. The molecule has 31 heavy (non-hydrogen) atoms. The first-order chi connectivity index (χ1) is 14.8. The molecule has 0 fully saturated rings. The van der Waals surface area contributed by atoms with Crippen LogP contribution in [0.25, 0.3) is 10.9 Å². The van der Waals surface area contributed by atoms with Gasteiger partial charge in [-0.3, -0.25) is 10.4 Å². The van der Waals surface area contributed by atoms with Crippen molar-refractivity contribution < 1.29 is 32.5 Å². The van der Waals surface area contributed by atoms with Gasteiger partial charge in [0.05, 0.1) is 29.7 Å². The number of alkyl halides is 2. The zero-order valence-corrected chi connectivity index (χ0v) is 16.3. The summed E-state index contributed by atoms with van der Waals surface area (Å²) in [6.07, 6.45) is 0.456. The summed E-state index contributed by atoms with van der Waals surface area (Å²) in [5, 5.41) is 22.2. The Bertz CT molecular complexity index is 1010. The van der Waals surface area contributed by atoms with Crippen LogP contribution < -0.4 is 15.4 Å². The van der Waals surface area contributed by atoms with Crippen LogP contribution in [0.15, 0.2) is 36.5 Å². The van der Waals surface area contributed by atoms with Gasteiger partial charge in [0.15, 0.2) is 0 Å². The minimum atomic E-state index is -2.88. The van der Waals surface area contributed by atoms with Gasteiger partial charge in [-0.2, -0.15) is 8.78 Å². The van der Waals surface area contributed by atoms with Crippen molar-refractivity contribution in [3.8, 4) is 5.88 Å². The van der Waals surface area contributed by atoms with Crippen molar-refractivity contribution >= 4 is 22.8 Å². The number of hydrogen-bond donors (Lipinski definition) is 4. The Morgan fingerprint density at radius 3 is 2.68 bits per heavy atom. The standard InChI is InChI=1S/C19H20F3N5O4/c1-10(28)16(11-2-4-12(20)5-3-11)25-19(29)24-15-8-14-13(9-23-15)17(27-26-14)30-6-7-31-18(21)22/h2-5,8-10,16,18,28H,6-7H2,1H3,(H,26,27)(H2,23,24,25,29). The van der Waals surface area contributed by atoms with E-state index in [1.54, 1.807) is 0 Å². The number of H-pyrrole nitrogens is 1. The van der Waals surface area contributed by atoms with E-state index in [0.717, 1.165) is 0 Å². The number of carbonyl (C=O) groups is 1. The van der Waals surface area contributed by atoms with Crippen LogP contribution in [0.4, 0.5) is 23.8 Å². The predicted molar refractivity (Wildman–Crippen MR) is 104 cm³/mol. The number of rotatable bonds is 9. The fourth-order valence-corrected chi connectivity index (χ4v) is 2.79. The first-order valence-corrected chi connectivity index (χ1v) is 9.21. The molecule has 0 aliphatic heterocycles. The van der Waals surface area contributed by atoms with Gasteiger partial charge in [0.1, 0.15) is 18.2 Å². The molecule has 3 rings (SSSR count). The Morgan fingerprint density at radius 1 is 1.26 bits per heavy atom. The maximum Gasteiger partial charge on any atom is 0.345 e. The normalized spacial score (nSPS) is 13.2. The molecule has 0 aliphatic rings. The Hall–Kier alpha value is -3.38. The molecule has 2 amide bonds. The number of nitrogens with one attached hydrogen (secondary N) is 3. The molecule has 166 valence electrons. The number of aromatic nitrogens is 3. The predicted octanol–water partition coefficient (Wildman–Crippen LogP) is 2.96. The number of aromatic amines is 1. The number of carbonyl (C=O) groups excluding carboxylic acids is 1. The minimum absolute atomic E-state index is 0.128. The van der Waals surface area contributed by atoms with Gasteiger partial charge in [-0.15, -0.1) is 5.10 Å². The summed E-state index contributed by atoms with van der Waals surface area (Å²) in [5.41, 5.74) is 1.02. The van der Waals surface area contributed by atoms with E-state index in [1.165, 1.54) is 43.5 Å². The highest BCUT2D eigenvalue weighted by atomic mass is 19.3. The highest BCUT2D eigenvalue weighted by Crippen LogP contribution is 2.24. The zero-order valence-electron chi connectivity index (χ0n) is 16.3. The number of aliphatic hydroxyl groups is 1. The van der Waals surface area contributed by atoms with E-state index in [2.05, 4.69) is 30.6 Å². The van der Waals surface area contributed by atoms with Crippen LogP contribution in [0.2, 0.25) is 0 Å². The van der Waals surface area contributed by atoms with Gasteiger partial charge >= 0.3 is 12.6 Å². The third kappa shape index (κ3) is 6.06. The quantitative estimate of drug-likeness (QED) is 0.381. The van der Waals surface area contributed by atoms with Crippen molar-refractivity contribution in [2.24, 2.45) is 0 Å². The van der Waals surface area contributed by atoms with Gasteiger partial charge in [0.25, 0.3) is 0 Å². The lowest BCUT2D eigenvalue weighted by molar-refractivity contribution is -0.133. The monoisotopic (exact) mass is 439 g/mol. The third-order valence-electron chi connectivity index (χ3n) is 4.22. The van der Waals surface area contributed by atoms with Gasteiger partial charge in [0.2, 0.25) is 5.88 Å². The van der Waals surface area contributed by atoms with E-state index in [-0.39, 0.29) is 24.9 Å². The summed E-state index contributed by atoms with van der Waals surface area (Å²) in [6, 6.07) is 5.49. The van der Waals surface area contributed by atoms with Crippen LogP contribution in [-0.2, 0) is 4.74 Å². The van der Waals surface area contributed by atoms with Crippen molar-refractivity contribution in [1.29, 1.82) is 0 Å². The Morgan fingerprint density at radius 2 is 2.00 bits per heavy atom. The highest BCUT2D eigenvalue weighted by molar-refractivity contribution is 5.92. The van der Waals surface area contributed by atoms with Crippen molar-refractivity contribution in [2.45, 2.75) is 25.7 Å². The van der Waals surface area contributed by atoms with Crippen molar-refractivity contribution in [1.82, 2.24) is 20.5 Å². The number of anilines is 1.